The molecule has 10 heteroatoms. The number of H-pyrrole nitrogens is 1. The summed E-state index contributed by atoms with van der Waals surface area (Å²) in [6, 6.07) is 7.12. The fourth-order valence-electron chi connectivity index (χ4n) is 7.60. The van der Waals surface area contributed by atoms with Crippen LogP contribution in [0.2, 0.25) is 0 Å². The number of phenols is 1. The zero-order valence-electron chi connectivity index (χ0n) is 25.3. The largest absolute Gasteiger partial charge is 0.507 e. The van der Waals surface area contributed by atoms with Gasteiger partial charge in [0.05, 0.1) is 16.6 Å². The molecule has 9 nitrogen and oxygen atoms in total. The normalized spacial score (nSPS) is 17.2. The van der Waals surface area contributed by atoms with Gasteiger partial charge in [-0.2, -0.15) is 9.49 Å². The molecule has 232 valence electrons. The number of furan rings is 1. The Morgan fingerprint density at radius 1 is 1.00 bits per heavy atom. The van der Waals surface area contributed by atoms with Crippen molar-refractivity contribution in [1.29, 1.82) is 0 Å². The Morgan fingerprint density at radius 2 is 1.68 bits per heavy atom. The van der Waals surface area contributed by atoms with Crippen molar-refractivity contribution in [1.82, 2.24) is 20.5 Å². The monoisotopic (exact) mass is 601 g/mol. The number of carbonyl (C=O) groups is 2. The highest BCUT2D eigenvalue weighted by atomic mass is 19.1. The van der Waals surface area contributed by atoms with Crippen molar-refractivity contribution in [3.8, 4) is 16.9 Å². The van der Waals surface area contributed by atoms with Crippen LogP contribution in [0.25, 0.3) is 22.1 Å². The first kappa shape index (κ1) is 29.8. The number of hydrogen-bond donors (Lipinski definition) is 4. The minimum Gasteiger partial charge on any atom is -0.507 e. The van der Waals surface area contributed by atoms with Crippen LogP contribution in [0, 0.1) is 37.5 Å². The second kappa shape index (κ2) is 12.8. The number of amides is 2. The number of aromatic nitrogens is 3. The van der Waals surface area contributed by atoms with Gasteiger partial charge >= 0.3 is 0 Å². The second-order valence-electron chi connectivity index (χ2n) is 12.5. The van der Waals surface area contributed by atoms with Crippen molar-refractivity contribution >= 4 is 28.6 Å². The van der Waals surface area contributed by atoms with E-state index in [9.17, 15) is 14.7 Å². The molecular formula is C34H40FN5O4. The lowest BCUT2D eigenvalue weighted by Gasteiger charge is -2.41. The summed E-state index contributed by atoms with van der Waals surface area (Å²) in [6.07, 6.45) is 12.0. The van der Waals surface area contributed by atoms with E-state index in [1.165, 1.54) is 25.2 Å². The Balaban J connectivity index is 1.34. The number of fused-ring (bicyclic) bond motifs is 1. The first-order valence-corrected chi connectivity index (χ1v) is 15.8. The predicted molar refractivity (Wildman–Crippen MR) is 166 cm³/mol. The van der Waals surface area contributed by atoms with Crippen molar-refractivity contribution in [2.45, 2.75) is 84.1 Å². The number of hydrogen-bond acceptors (Lipinski definition) is 6. The van der Waals surface area contributed by atoms with Gasteiger partial charge in [0.1, 0.15) is 29.5 Å². The molecule has 4 N–H and O–H groups in total. The summed E-state index contributed by atoms with van der Waals surface area (Å²) in [5.41, 5.74) is 2.87. The summed E-state index contributed by atoms with van der Waals surface area (Å²) in [6.45, 7) is 3.61. The number of nitrogens with one attached hydrogen (secondary N) is 3. The number of phenolic OH excluding ortho intramolecular Hbond substituents is 1. The summed E-state index contributed by atoms with van der Waals surface area (Å²) in [5, 5.41) is 23.8. The van der Waals surface area contributed by atoms with Crippen molar-refractivity contribution < 1.29 is 23.5 Å². The van der Waals surface area contributed by atoms with Crippen LogP contribution in [0.3, 0.4) is 0 Å². The molecule has 3 heterocycles. The van der Waals surface area contributed by atoms with E-state index in [4.69, 9.17) is 4.42 Å². The lowest BCUT2D eigenvalue weighted by atomic mass is 9.66. The molecule has 6 rings (SSSR count). The molecule has 2 fully saturated rings. The standard InChI is InChI=1S/C34H40FN5O4/c1-19-28(20(2)40-39-19)23-16-17-27(36-32(23)35)37-34(43)31(29(21-10-5-3-6-11-21)22-12-7-4-8-13-22)38-33(42)24-18-44-26-15-9-14-25(41)30(24)26/h9,14-18,21-22,29,31,41H,3-8,10-13H2,1-2H3,(H,38,42)(H,39,40)(H,36,37,43). The van der Waals surface area contributed by atoms with Crippen LogP contribution in [0.15, 0.2) is 41.0 Å². The zero-order valence-corrected chi connectivity index (χ0v) is 25.3. The fourth-order valence-corrected chi connectivity index (χ4v) is 7.60. The molecule has 1 aromatic carbocycles. The van der Waals surface area contributed by atoms with Crippen molar-refractivity contribution in [2.24, 2.45) is 17.8 Å². The number of pyridine rings is 1. The minimum absolute atomic E-state index is 0.0682. The van der Waals surface area contributed by atoms with Gasteiger partial charge in [-0.1, -0.05) is 70.3 Å². The summed E-state index contributed by atoms with van der Waals surface area (Å²) >= 11 is 0. The molecule has 44 heavy (non-hydrogen) atoms. The van der Waals surface area contributed by atoms with Crippen molar-refractivity contribution in [3.63, 3.8) is 0 Å². The average Bonchev–Trinajstić information content (AvgIpc) is 3.61. The van der Waals surface area contributed by atoms with E-state index >= 15 is 4.39 Å². The molecule has 4 aromatic rings. The number of aryl methyl sites for hydroxylation is 2. The van der Waals surface area contributed by atoms with Gasteiger partial charge in [-0.25, -0.2) is 4.98 Å². The van der Waals surface area contributed by atoms with Crippen LogP contribution < -0.4 is 10.6 Å². The number of rotatable bonds is 8. The first-order chi connectivity index (χ1) is 21.3. The minimum atomic E-state index is -0.882. The van der Waals surface area contributed by atoms with Gasteiger partial charge in [-0.15, -0.1) is 0 Å². The number of carbonyl (C=O) groups excluding carboxylic acids is 2. The Bertz CT molecular complexity index is 1610. The highest BCUT2D eigenvalue weighted by Gasteiger charge is 2.41. The van der Waals surface area contributed by atoms with Crippen LogP contribution >= 0.6 is 0 Å². The summed E-state index contributed by atoms with van der Waals surface area (Å²) in [7, 11) is 0. The van der Waals surface area contributed by atoms with Crippen LogP contribution in [0.4, 0.5) is 10.2 Å². The predicted octanol–water partition coefficient (Wildman–Crippen LogP) is 7.19. The van der Waals surface area contributed by atoms with Gasteiger partial charge in [0, 0.05) is 16.8 Å². The van der Waals surface area contributed by atoms with Gasteiger partial charge in [0.25, 0.3) is 5.91 Å². The molecule has 0 spiro atoms. The smallest absolute Gasteiger partial charge is 0.255 e. The fraction of sp³-hybridized carbons (Fsp3) is 0.471. The number of aromatic hydroxyl groups is 1. The Morgan fingerprint density at radius 3 is 2.30 bits per heavy atom. The molecule has 3 aromatic heterocycles. The third-order valence-electron chi connectivity index (χ3n) is 9.66. The van der Waals surface area contributed by atoms with E-state index in [1.54, 1.807) is 31.2 Å². The number of anilines is 1. The van der Waals surface area contributed by atoms with E-state index < -0.39 is 23.8 Å². The van der Waals surface area contributed by atoms with Crippen LogP contribution in [0.1, 0.15) is 86.0 Å². The molecule has 1 atom stereocenters. The maximum Gasteiger partial charge on any atom is 0.255 e. The summed E-state index contributed by atoms with van der Waals surface area (Å²) in [4.78, 5) is 32.2. The van der Waals surface area contributed by atoms with Crippen LogP contribution in [0.5, 0.6) is 5.75 Å². The van der Waals surface area contributed by atoms with E-state index in [-0.39, 0.29) is 34.9 Å². The zero-order chi connectivity index (χ0) is 30.8. The number of nitrogens with zero attached hydrogens (tertiary/aromatic N) is 2. The van der Waals surface area contributed by atoms with E-state index in [0.29, 0.717) is 27.8 Å². The maximum absolute atomic E-state index is 15.3. The topological polar surface area (TPSA) is 133 Å². The number of halogens is 1. The van der Waals surface area contributed by atoms with E-state index in [1.807, 2.05) is 6.92 Å². The highest BCUT2D eigenvalue weighted by molar-refractivity contribution is 6.09. The highest BCUT2D eigenvalue weighted by Crippen LogP contribution is 2.42. The molecule has 0 bridgehead atoms. The van der Waals surface area contributed by atoms with Gasteiger partial charge in [0.15, 0.2) is 0 Å². The Hall–Kier alpha value is -4.21. The Kier molecular flexibility index (Phi) is 8.68. The third kappa shape index (κ3) is 5.94. The van der Waals surface area contributed by atoms with Crippen LogP contribution in [-0.2, 0) is 4.79 Å². The molecule has 2 saturated carbocycles. The van der Waals surface area contributed by atoms with Crippen molar-refractivity contribution in [3.05, 3.63) is 59.5 Å². The van der Waals surface area contributed by atoms with Crippen LogP contribution in [-0.4, -0.2) is 38.1 Å². The number of aromatic amines is 1. The second-order valence-corrected chi connectivity index (χ2v) is 12.5. The number of benzene rings is 1. The average molecular weight is 602 g/mol. The molecule has 0 saturated heterocycles. The van der Waals surface area contributed by atoms with E-state index in [0.717, 1.165) is 57.1 Å². The molecule has 0 aliphatic heterocycles. The summed E-state index contributed by atoms with van der Waals surface area (Å²) < 4.78 is 20.9. The quantitative estimate of drug-likeness (QED) is 0.158. The first-order valence-electron chi connectivity index (χ1n) is 15.8. The molecule has 2 aliphatic rings. The SMILES string of the molecule is Cc1n[nH]c(C)c1-c1ccc(NC(=O)C(NC(=O)c2coc3cccc(O)c23)C(C2CCCCC2)C2CCCCC2)nc1F. The van der Waals surface area contributed by atoms with E-state index in [2.05, 4.69) is 25.8 Å². The lowest BCUT2D eigenvalue weighted by Crippen LogP contribution is -2.53. The maximum atomic E-state index is 15.3. The molecule has 2 aliphatic carbocycles. The lowest BCUT2D eigenvalue weighted by molar-refractivity contribution is -0.121. The Labute approximate surface area is 256 Å². The molecular weight excluding hydrogens is 561 g/mol. The third-order valence-corrected chi connectivity index (χ3v) is 9.66. The summed E-state index contributed by atoms with van der Waals surface area (Å²) in [5.74, 6) is -1.17. The molecule has 1 unspecified atom stereocenters. The van der Waals surface area contributed by atoms with Gasteiger partial charge in [0.2, 0.25) is 11.9 Å². The molecule has 2 amide bonds. The van der Waals surface area contributed by atoms with Gasteiger partial charge in [-0.3, -0.25) is 14.7 Å². The van der Waals surface area contributed by atoms with Crippen molar-refractivity contribution in [2.75, 3.05) is 5.32 Å². The molecule has 0 radical (unpaired) electrons. The van der Waals surface area contributed by atoms with Gasteiger partial charge in [-0.05, 0) is 55.9 Å². The van der Waals surface area contributed by atoms with Gasteiger partial charge < -0.3 is 20.2 Å².